The maximum absolute atomic E-state index is 9.79. The molecule has 118 valence electrons. The summed E-state index contributed by atoms with van der Waals surface area (Å²) in [5, 5.41) is 13.0. The third kappa shape index (κ3) is 9.39. The number of nitrogens with one attached hydrogen (secondary N) is 1. The van der Waals surface area contributed by atoms with Gasteiger partial charge in [0.05, 0.1) is 0 Å². The lowest BCUT2D eigenvalue weighted by Crippen LogP contribution is -2.42. The van der Waals surface area contributed by atoms with Crippen LogP contribution in [0.1, 0.15) is 26.3 Å². The summed E-state index contributed by atoms with van der Waals surface area (Å²) in [4.78, 5) is 0. The lowest BCUT2D eigenvalue weighted by molar-refractivity contribution is 0.100. The molecule has 0 aliphatic rings. The summed E-state index contributed by atoms with van der Waals surface area (Å²) in [7, 11) is 0. The molecule has 0 amide bonds. The van der Waals surface area contributed by atoms with E-state index >= 15 is 0 Å². The normalized spacial score (nSPS) is 12.1. The second kappa shape index (κ2) is 10.2. The summed E-state index contributed by atoms with van der Waals surface area (Å²) in [6, 6.07) is 7.61. The Labute approximate surface area is 133 Å². The van der Waals surface area contributed by atoms with Crippen LogP contribution in [0.3, 0.4) is 0 Å². The molecule has 0 radical (unpaired) electrons. The average Bonchev–Trinajstić information content (AvgIpc) is 2.33. The number of ether oxygens (including phenoxy) is 1. The van der Waals surface area contributed by atoms with Gasteiger partial charge >= 0.3 is 0 Å². The molecule has 4 N–H and O–H groups in total. The Balaban J connectivity index is 0. The molecule has 0 saturated heterocycles. The molecule has 20 heavy (non-hydrogen) atoms. The number of aliphatic hydroxyl groups excluding tert-OH is 1. The second-order valence-corrected chi connectivity index (χ2v) is 5.45. The van der Waals surface area contributed by atoms with Crippen molar-refractivity contribution in [2.45, 2.75) is 39.0 Å². The highest BCUT2D eigenvalue weighted by Gasteiger charge is 2.12. The molecule has 0 bridgehead atoms. The molecular formula is C14H26Cl2N2O2. The first kappa shape index (κ1) is 21.8. The number of β-amino-alcohol motifs (C(OH)–C–C–N with tert-alkyl or cyclic N) is 1. The molecule has 1 atom stereocenters. The van der Waals surface area contributed by atoms with Crippen molar-refractivity contribution in [3.63, 3.8) is 0 Å². The highest BCUT2D eigenvalue weighted by atomic mass is 35.5. The van der Waals surface area contributed by atoms with Crippen LogP contribution >= 0.6 is 24.8 Å². The largest absolute Gasteiger partial charge is 0.491 e. The van der Waals surface area contributed by atoms with Gasteiger partial charge < -0.3 is 20.9 Å². The van der Waals surface area contributed by atoms with Gasteiger partial charge in [0.2, 0.25) is 0 Å². The van der Waals surface area contributed by atoms with E-state index in [9.17, 15) is 5.11 Å². The SMILES string of the molecule is CC(C)(C)NCC(O)COc1cccc(CN)c1.Cl.Cl. The Morgan fingerprint density at radius 3 is 2.50 bits per heavy atom. The third-order valence-corrected chi connectivity index (χ3v) is 2.44. The molecular weight excluding hydrogens is 299 g/mol. The van der Waals surface area contributed by atoms with Crippen LogP contribution in [-0.4, -0.2) is 29.9 Å². The second-order valence-electron chi connectivity index (χ2n) is 5.45. The van der Waals surface area contributed by atoms with E-state index in [0.29, 0.717) is 13.1 Å². The summed E-state index contributed by atoms with van der Waals surface area (Å²) < 4.78 is 5.53. The molecule has 0 aliphatic heterocycles. The zero-order chi connectivity index (χ0) is 13.6. The monoisotopic (exact) mass is 324 g/mol. The number of benzene rings is 1. The van der Waals surface area contributed by atoms with Gasteiger partial charge in [-0.2, -0.15) is 0 Å². The number of nitrogens with two attached hydrogens (primary N) is 1. The lowest BCUT2D eigenvalue weighted by atomic mass is 10.1. The van der Waals surface area contributed by atoms with Gasteiger partial charge in [-0.1, -0.05) is 12.1 Å². The van der Waals surface area contributed by atoms with E-state index in [1.54, 1.807) is 0 Å². The smallest absolute Gasteiger partial charge is 0.119 e. The van der Waals surface area contributed by atoms with Crippen LogP contribution in [0.15, 0.2) is 24.3 Å². The van der Waals surface area contributed by atoms with Crippen LogP contribution in [0.5, 0.6) is 5.75 Å². The van der Waals surface area contributed by atoms with Crippen LogP contribution in [-0.2, 0) is 6.54 Å². The molecule has 0 fully saturated rings. The molecule has 0 aromatic heterocycles. The number of hydrogen-bond donors (Lipinski definition) is 3. The van der Waals surface area contributed by atoms with Crippen molar-refractivity contribution < 1.29 is 9.84 Å². The molecule has 4 nitrogen and oxygen atoms in total. The number of halogens is 2. The minimum absolute atomic E-state index is 0. The summed E-state index contributed by atoms with van der Waals surface area (Å²) in [5.41, 5.74) is 6.58. The zero-order valence-electron chi connectivity index (χ0n) is 12.3. The topological polar surface area (TPSA) is 67.5 Å². The summed E-state index contributed by atoms with van der Waals surface area (Å²) in [6.45, 7) is 7.46. The van der Waals surface area contributed by atoms with Crippen LogP contribution in [0.2, 0.25) is 0 Å². The van der Waals surface area contributed by atoms with Gasteiger partial charge in [0.15, 0.2) is 0 Å². The fraction of sp³-hybridized carbons (Fsp3) is 0.571. The molecule has 0 heterocycles. The molecule has 0 aliphatic carbocycles. The van der Waals surface area contributed by atoms with Gasteiger partial charge in [-0.3, -0.25) is 0 Å². The minimum atomic E-state index is -0.522. The van der Waals surface area contributed by atoms with Crippen molar-refractivity contribution in [1.29, 1.82) is 0 Å². The Morgan fingerprint density at radius 1 is 1.30 bits per heavy atom. The fourth-order valence-corrected chi connectivity index (χ4v) is 1.44. The number of hydrogen-bond acceptors (Lipinski definition) is 4. The molecule has 6 heteroatoms. The first-order valence-electron chi connectivity index (χ1n) is 6.25. The van der Waals surface area contributed by atoms with Gasteiger partial charge in [0.1, 0.15) is 18.5 Å². The van der Waals surface area contributed by atoms with E-state index < -0.39 is 6.10 Å². The Kier molecular flexibility index (Phi) is 11.1. The third-order valence-electron chi connectivity index (χ3n) is 2.44. The van der Waals surface area contributed by atoms with E-state index in [0.717, 1.165) is 11.3 Å². The van der Waals surface area contributed by atoms with Crippen molar-refractivity contribution >= 4 is 24.8 Å². The van der Waals surface area contributed by atoms with Gasteiger partial charge in [-0.05, 0) is 38.5 Å². The van der Waals surface area contributed by atoms with Gasteiger partial charge in [-0.25, -0.2) is 0 Å². The predicted octanol–water partition coefficient (Wildman–Crippen LogP) is 2.12. The predicted molar refractivity (Wildman–Crippen MR) is 88.1 cm³/mol. The molecule has 1 unspecified atom stereocenters. The van der Waals surface area contributed by atoms with Crippen LogP contribution in [0.25, 0.3) is 0 Å². The van der Waals surface area contributed by atoms with Crippen LogP contribution in [0, 0.1) is 0 Å². The maximum Gasteiger partial charge on any atom is 0.119 e. The van der Waals surface area contributed by atoms with Gasteiger partial charge in [0, 0.05) is 18.6 Å². The van der Waals surface area contributed by atoms with E-state index in [2.05, 4.69) is 26.1 Å². The van der Waals surface area contributed by atoms with Crippen LogP contribution in [0.4, 0.5) is 0 Å². The van der Waals surface area contributed by atoms with Crippen molar-refractivity contribution in [3.8, 4) is 5.75 Å². The van der Waals surface area contributed by atoms with E-state index in [1.807, 2.05) is 24.3 Å². The quantitative estimate of drug-likeness (QED) is 0.749. The van der Waals surface area contributed by atoms with E-state index in [4.69, 9.17) is 10.5 Å². The molecule has 1 rings (SSSR count). The molecule has 1 aromatic rings. The lowest BCUT2D eigenvalue weighted by Gasteiger charge is -2.23. The minimum Gasteiger partial charge on any atom is -0.491 e. The van der Waals surface area contributed by atoms with Gasteiger partial charge in [-0.15, -0.1) is 24.8 Å². The summed E-state index contributed by atoms with van der Waals surface area (Å²) in [5.74, 6) is 0.743. The van der Waals surface area contributed by atoms with E-state index in [-0.39, 0.29) is 37.0 Å². The van der Waals surface area contributed by atoms with E-state index in [1.165, 1.54) is 0 Å². The van der Waals surface area contributed by atoms with Crippen molar-refractivity contribution in [2.24, 2.45) is 5.73 Å². The fourth-order valence-electron chi connectivity index (χ4n) is 1.44. The van der Waals surface area contributed by atoms with Crippen LogP contribution < -0.4 is 15.8 Å². The number of rotatable bonds is 6. The highest BCUT2D eigenvalue weighted by molar-refractivity contribution is 5.85. The first-order chi connectivity index (χ1) is 8.40. The Morgan fingerprint density at radius 2 is 1.95 bits per heavy atom. The first-order valence-corrected chi connectivity index (χ1v) is 6.25. The highest BCUT2D eigenvalue weighted by Crippen LogP contribution is 2.13. The Hall–Kier alpha value is -0.520. The Bertz CT molecular complexity index is 370. The summed E-state index contributed by atoms with van der Waals surface area (Å²) in [6.07, 6.45) is -0.522. The van der Waals surface area contributed by atoms with Crippen molar-refractivity contribution in [1.82, 2.24) is 5.32 Å². The molecule has 1 aromatic carbocycles. The molecule has 0 saturated carbocycles. The maximum atomic E-state index is 9.79. The number of aliphatic hydroxyl groups is 1. The average molecular weight is 325 g/mol. The van der Waals surface area contributed by atoms with Crippen molar-refractivity contribution in [3.05, 3.63) is 29.8 Å². The summed E-state index contributed by atoms with van der Waals surface area (Å²) >= 11 is 0. The zero-order valence-corrected chi connectivity index (χ0v) is 13.9. The molecule has 0 spiro atoms. The van der Waals surface area contributed by atoms with Crippen molar-refractivity contribution in [2.75, 3.05) is 13.2 Å². The van der Waals surface area contributed by atoms with Gasteiger partial charge in [0.25, 0.3) is 0 Å². The standard InChI is InChI=1S/C14H24N2O2.2ClH/c1-14(2,3)16-9-12(17)10-18-13-6-4-5-11(7-13)8-15;;/h4-7,12,16-17H,8-10,15H2,1-3H3;2*1H.